The van der Waals surface area contributed by atoms with E-state index in [1.165, 1.54) is 0 Å². The number of nitrogens with two attached hydrogens (primary N) is 1. The first kappa shape index (κ1) is 9.39. The molecular weight excluding hydrogens is 134 g/mol. The molecule has 0 aromatic carbocycles. The van der Waals surface area contributed by atoms with Gasteiger partial charge in [-0.15, -0.1) is 0 Å². The van der Waals surface area contributed by atoms with Gasteiger partial charge in [-0.05, 0) is 13.8 Å². The fourth-order valence-electron chi connectivity index (χ4n) is 0.681. The predicted molar refractivity (Wildman–Crippen MR) is 36.5 cm³/mol. The van der Waals surface area contributed by atoms with Crippen molar-refractivity contribution in [1.29, 1.82) is 0 Å². The lowest BCUT2D eigenvalue weighted by Crippen LogP contribution is -2.41. The standard InChI is InChI=1S/C6H13NO3/c1-3-10-6(2,7)4-5(8)9/h3-4,7H2,1-2H3,(H,8,9). The predicted octanol–water partition coefficient (Wildman–Crippen LogP) is 0.172. The molecule has 0 rings (SSSR count). The number of ether oxygens (including phenoxy) is 1. The third kappa shape index (κ3) is 4.29. The number of hydrogen-bond donors (Lipinski definition) is 2. The maximum atomic E-state index is 10.1. The van der Waals surface area contributed by atoms with E-state index in [0.29, 0.717) is 6.61 Å². The second kappa shape index (κ2) is 3.53. The van der Waals surface area contributed by atoms with Crippen LogP contribution in [-0.4, -0.2) is 23.4 Å². The number of hydrogen-bond acceptors (Lipinski definition) is 3. The van der Waals surface area contributed by atoms with Gasteiger partial charge in [0.1, 0.15) is 5.72 Å². The van der Waals surface area contributed by atoms with Crippen LogP contribution in [0, 0.1) is 0 Å². The molecule has 4 nitrogen and oxygen atoms in total. The molecule has 0 aliphatic carbocycles. The lowest BCUT2D eigenvalue weighted by atomic mass is 10.2. The SMILES string of the molecule is CCOC(C)(N)CC(=O)O. The summed E-state index contributed by atoms with van der Waals surface area (Å²) >= 11 is 0. The van der Waals surface area contributed by atoms with Gasteiger partial charge in [-0.25, -0.2) is 0 Å². The van der Waals surface area contributed by atoms with Gasteiger partial charge >= 0.3 is 5.97 Å². The summed E-state index contributed by atoms with van der Waals surface area (Å²) in [4.78, 5) is 10.1. The van der Waals surface area contributed by atoms with Gasteiger partial charge in [-0.3, -0.25) is 4.79 Å². The highest BCUT2D eigenvalue weighted by Gasteiger charge is 2.21. The summed E-state index contributed by atoms with van der Waals surface area (Å²) in [6.07, 6.45) is -0.166. The quantitative estimate of drug-likeness (QED) is 0.556. The third-order valence-electron chi connectivity index (χ3n) is 0.976. The molecule has 0 saturated carbocycles. The van der Waals surface area contributed by atoms with E-state index in [9.17, 15) is 4.79 Å². The van der Waals surface area contributed by atoms with Crippen molar-refractivity contribution in [3.8, 4) is 0 Å². The van der Waals surface area contributed by atoms with E-state index >= 15 is 0 Å². The maximum absolute atomic E-state index is 10.1. The molecule has 1 atom stereocenters. The van der Waals surface area contributed by atoms with E-state index in [4.69, 9.17) is 15.6 Å². The van der Waals surface area contributed by atoms with Crippen LogP contribution in [0.15, 0.2) is 0 Å². The zero-order valence-corrected chi connectivity index (χ0v) is 6.26. The van der Waals surface area contributed by atoms with Gasteiger partial charge in [0.25, 0.3) is 0 Å². The molecule has 0 spiro atoms. The molecule has 0 heterocycles. The minimum absolute atomic E-state index is 0.166. The molecule has 3 N–H and O–H groups in total. The van der Waals surface area contributed by atoms with Crippen molar-refractivity contribution >= 4 is 5.97 Å². The fraction of sp³-hybridized carbons (Fsp3) is 0.833. The van der Waals surface area contributed by atoms with Gasteiger partial charge in [-0.2, -0.15) is 0 Å². The highest BCUT2D eigenvalue weighted by Crippen LogP contribution is 2.06. The smallest absolute Gasteiger partial charge is 0.307 e. The number of rotatable bonds is 4. The first-order valence-corrected chi connectivity index (χ1v) is 3.12. The molecule has 10 heavy (non-hydrogen) atoms. The Morgan fingerprint density at radius 1 is 1.80 bits per heavy atom. The molecule has 0 radical (unpaired) electrons. The third-order valence-corrected chi connectivity index (χ3v) is 0.976. The Morgan fingerprint density at radius 2 is 2.30 bits per heavy atom. The van der Waals surface area contributed by atoms with Crippen molar-refractivity contribution in [2.75, 3.05) is 6.61 Å². The van der Waals surface area contributed by atoms with Crippen molar-refractivity contribution in [3.63, 3.8) is 0 Å². The second-order valence-corrected chi connectivity index (χ2v) is 2.32. The molecular formula is C6H13NO3. The maximum Gasteiger partial charge on any atom is 0.307 e. The minimum atomic E-state index is -1.03. The molecule has 60 valence electrons. The van der Waals surface area contributed by atoms with Crippen LogP contribution < -0.4 is 5.73 Å². The zero-order valence-electron chi connectivity index (χ0n) is 6.26. The van der Waals surface area contributed by atoms with Crippen LogP contribution in [0.3, 0.4) is 0 Å². The fourth-order valence-corrected chi connectivity index (χ4v) is 0.681. The average molecular weight is 147 g/mol. The van der Waals surface area contributed by atoms with E-state index in [1.807, 2.05) is 0 Å². The minimum Gasteiger partial charge on any atom is -0.481 e. The number of carboxylic acids is 1. The topological polar surface area (TPSA) is 72.5 Å². The monoisotopic (exact) mass is 147 g/mol. The summed E-state index contributed by atoms with van der Waals surface area (Å²) < 4.78 is 4.94. The Kier molecular flexibility index (Phi) is 3.32. The van der Waals surface area contributed by atoms with Gasteiger partial charge < -0.3 is 15.6 Å². The summed E-state index contributed by atoms with van der Waals surface area (Å²) in [5.74, 6) is -0.946. The van der Waals surface area contributed by atoms with Crippen molar-refractivity contribution in [2.24, 2.45) is 5.73 Å². The Morgan fingerprint density at radius 3 is 2.60 bits per heavy atom. The molecule has 1 unspecified atom stereocenters. The zero-order chi connectivity index (χ0) is 8.20. The van der Waals surface area contributed by atoms with Crippen LogP contribution >= 0.6 is 0 Å². The summed E-state index contributed by atoms with van der Waals surface area (Å²) in [6.45, 7) is 3.75. The molecule has 0 aliphatic heterocycles. The van der Waals surface area contributed by atoms with Crippen molar-refractivity contribution in [1.82, 2.24) is 0 Å². The summed E-state index contributed by atoms with van der Waals surface area (Å²) in [6, 6.07) is 0. The average Bonchev–Trinajstić information content (AvgIpc) is 1.59. The van der Waals surface area contributed by atoms with Crippen LogP contribution in [0.5, 0.6) is 0 Å². The lowest BCUT2D eigenvalue weighted by molar-refractivity contribution is -0.144. The Bertz CT molecular complexity index is 122. The molecule has 0 aromatic rings. The van der Waals surface area contributed by atoms with Gasteiger partial charge in [0.15, 0.2) is 0 Å². The highest BCUT2D eigenvalue weighted by molar-refractivity contribution is 5.67. The lowest BCUT2D eigenvalue weighted by Gasteiger charge is -2.21. The molecule has 0 aromatic heterocycles. The first-order valence-electron chi connectivity index (χ1n) is 3.12. The molecule has 0 amide bonds. The van der Waals surface area contributed by atoms with Crippen molar-refractivity contribution in [2.45, 2.75) is 26.0 Å². The van der Waals surface area contributed by atoms with Crippen LogP contribution in [0.4, 0.5) is 0 Å². The van der Waals surface area contributed by atoms with Crippen molar-refractivity contribution < 1.29 is 14.6 Å². The second-order valence-electron chi connectivity index (χ2n) is 2.32. The Balaban J connectivity index is 3.74. The van der Waals surface area contributed by atoms with Crippen molar-refractivity contribution in [3.05, 3.63) is 0 Å². The van der Waals surface area contributed by atoms with E-state index in [1.54, 1.807) is 13.8 Å². The molecule has 0 bridgehead atoms. The van der Waals surface area contributed by atoms with Crippen LogP contribution in [-0.2, 0) is 9.53 Å². The summed E-state index contributed by atoms with van der Waals surface area (Å²) in [5.41, 5.74) is 4.40. The van der Waals surface area contributed by atoms with Gasteiger partial charge in [0.05, 0.1) is 6.42 Å². The van der Waals surface area contributed by atoms with Crippen LogP contribution in [0.1, 0.15) is 20.3 Å². The Labute approximate surface area is 60.0 Å². The Hall–Kier alpha value is -0.610. The van der Waals surface area contributed by atoms with Crippen LogP contribution in [0.25, 0.3) is 0 Å². The van der Waals surface area contributed by atoms with E-state index in [2.05, 4.69) is 0 Å². The molecule has 0 aliphatic rings. The summed E-state index contributed by atoms with van der Waals surface area (Å²) in [7, 11) is 0. The highest BCUT2D eigenvalue weighted by atomic mass is 16.5. The normalized spacial score (nSPS) is 16.3. The molecule has 0 saturated heterocycles. The van der Waals surface area contributed by atoms with Crippen LogP contribution in [0.2, 0.25) is 0 Å². The summed E-state index contributed by atoms with van der Waals surface area (Å²) in [5, 5.41) is 8.32. The van der Waals surface area contributed by atoms with Gasteiger partial charge in [0, 0.05) is 6.61 Å². The number of carbonyl (C=O) groups is 1. The van der Waals surface area contributed by atoms with Gasteiger partial charge in [-0.1, -0.05) is 0 Å². The largest absolute Gasteiger partial charge is 0.481 e. The first-order chi connectivity index (χ1) is 4.48. The van der Waals surface area contributed by atoms with E-state index < -0.39 is 11.7 Å². The molecule has 4 heteroatoms. The molecule has 0 fully saturated rings. The van der Waals surface area contributed by atoms with E-state index in [-0.39, 0.29) is 6.42 Å². The van der Waals surface area contributed by atoms with E-state index in [0.717, 1.165) is 0 Å². The van der Waals surface area contributed by atoms with Gasteiger partial charge in [0.2, 0.25) is 0 Å². The number of aliphatic carboxylic acids is 1. The number of carboxylic acid groups (broad SMARTS) is 1.